The Kier molecular flexibility index (Phi) is 6.36. The summed E-state index contributed by atoms with van der Waals surface area (Å²) < 4.78 is 12.1. The van der Waals surface area contributed by atoms with Crippen LogP contribution in [0.2, 0.25) is 5.02 Å². The molecule has 0 spiro atoms. The molecule has 0 N–H and O–H groups in total. The van der Waals surface area contributed by atoms with Gasteiger partial charge in [-0.15, -0.1) is 0 Å². The molecule has 176 valence electrons. The summed E-state index contributed by atoms with van der Waals surface area (Å²) in [5.74, 6) is 0.964. The molecule has 3 heterocycles. The number of piperidine rings is 1. The molecule has 2 aliphatic rings. The van der Waals surface area contributed by atoms with Crippen LogP contribution in [0.15, 0.2) is 30.6 Å². The molecule has 0 saturated carbocycles. The van der Waals surface area contributed by atoms with Gasteiger partial charge in [-0.25, -0.2) is 4.98 Å². The molecule has 1 aromatic carbocycles. The summed E-state index contributed by atoms with van der Waals surface area (Å²) in [6, 6.07) is 5.61. The lowest BCUT2D eigenvalue weighted by Crippen LogP contribution is -2.41. The smallest absolute Gasteiger partial charge is 0.398 e. The largest absolute Gasteiger partial charge is 0.516 e. The number of anilines is 1. The van der Waals surface area contributed by atoms with Gasteiger partial charge in [0.15, 0.2) is 5.78 Å². The first-order valence-electron chi connectivity index (χ1n) is 11.6. The maximum Gasteiger partial charge on any atom is 0.516 e. The van der Waals surface area contributed by atoms with Crippen LogP contribution in [0.25, 0.3) is 0 Å². The van der Waals surface area contributed by atoms with Gasteiger partial charge in [0.1, 0.15) is 5.82 Å². The van der Waals surface area contributed by atoms with E-state index in [0.29, 0.717) is 22.6 Å². The van der Waals surface area contributed by atoms with Gasteiger partial charge in [0.05, 0.1) is 28.0 Å². The number of nitrogens with zero attached hydrogens (tertiary/aromatic N) is 3. The molecule has 33 heavy (non-hydrogen) atoms. The molecular weight excluding hydrogens is 437 g/mol. The van der Waals surface area contributed by atoms with Crippen molar-refractivity contribution in [1.82, 2.24) is 9.97 Å². The molecule has 6 nitrogen and oxygen atoms in total. The summed E-state index contributed by atoms with van der Waals surface area (Å²) in [7, 11) is -0.513. The van der Waals surface area contributed by atoms with E-state index in [9.17, 15) is 4.79 Å². The normalized spacial score (nSPS) is 21.3. The van der Waals surface area contributed by atoms with Crippen LogP contribution in [0.5, 0.6) is 0 Å². The molecule has 8 heteroatoms. The van der Waals surface area contributed by atoms with E-state index in [-0.39, 0.29) is 11.2 Å². The molecule has 0 unspecified atom stereocenters. The number of hydrogen-bond donors (Lipinski definition) is 0. The Morgan fingerprint density at radius 3 is 2.24 bits per heavy atom. The molecule has 2 saturated heterocycles. The predicted octanol–water partition coefficient (Wildman–Crippen LogP) is 4.62. The van der Waals surface area contributed by atoms with Gasteiger partial charge in [0.25, 0.3) is 0 Å². The van der Waals surface area contributed by atoms with Gasteiger partial charge in [0.2, 0.25) is 0 Å². The van der Waals surface area contributed by atoms with Crippen molar-refractivity contribution in [2.75, 3.05) is 18.0 Å². The van der Waals surface area contributed by atoms with Gasteiger partial charge in [-0.05, 0) is 64.5 Å². The van der Waals surface area contributed by atoms with E-state index in [2.05, 4.69) is 21.8 Å². The number of ketones is 1. The summed E-state index contributed by atoms with van der Waals surface area (Å²) >= 11 is 6.32. The summed E-state index contributed by atoms with van der Waals surface area (Å²) in [5, 5.41) is 0.540. The van der Waals surface area contributed by atoms with Crippen molar-refractivity contribution in [3.63, 3.8) is 0 Å². The van der Waals surface area contributed by atoms with Gasteiger partial charge in [-0.1, -0.05) is 30.7 Å². The quantitative estimate of drug-likeness (QED) is 0.470. The maximum atomic E-state index is 13.0. The third-order valence-electron chi connectivity index (χ3n) is 7.54. The SMILES string of the molecule is Cc1cccc(Cl)c1C(=O)CC1(C)CCN(c2cnc(B3OC(C)(C)C(C)(C)O3)cn2)CC1. The number of rotatable bonds is 5. The number of aryl methyl sites for hydroxylation is 1. The Balaban J connectivity index is 1.37. The van der Waals surface area contributed by atoms with E-state index >= 15 is 0 Å². The first-order valence-corrected chi connectivity index (χ1v) is 12.0. The van der Waals surface area contributed by atoms with E-state index in [1.165, 1.54) is 0 Å². The standard InChI is InChI=1S/C25H33BClN3O3/c1-17-8-7-9-18(27)22(17)19(31)14-25(6)10-12-30(13-11-25)21-16-28-20(15-29-21)26-32-23(2,3)24(4,5)33-26/h7-9,15-16H,10-14H2,1-6H3. The molecular formula is C25H33BClN3O3. The van der Waals surface area contributed by atoms with Crippen LogP contribution in [0.4, 0.5) is 5.82 Å². The molecule has 0 bridgehead atoms. The number of aromatic nitrogens is 2. The lowest BCUT2D eigenvalue weighted by Gasteiger charge is -2.39. The number of benzene rings is 1. The Morgan fingerprint density at radius 1 is 1.06 bits per heavy atom. The highest BCUT2D eigenvalue weighted by molar-refractivity contribution is 6.61. The highest BCUT2D eigenvalue weighted by Gasteiger charge is 2.52. The number of carbonyl (C=O) groups is 1. The van der Waals surface area contributed by atoms with Gasteiger partial charge in [-0.3, -0.25) is 9.78 Å². The first-order chi connectivity index (χ1) is 15.4. The lowest BCUT2D eigenvalue weighted by molar-refractivity contribution is 0.00578. The molecule has 4 rings (SSSR count). The first kappa shape index (κ1) is 24.2. The van der Waals surface area contributed by atoms with Crippen molar-refractivity contribution in [1.29, 1.82) is 0 Å². The minimum atomic E-state index is -0.513. The predicted molar refractivity (Wildman–Crippen MR) is 132 cm³/mol. The fourth-order valence-electron chi connectivity index (χ4n) is 4.49. The molecule has 0 aliphatic carbocycles. The van der Waals surface area contributed by atoms with E-state index in [0.717, 1.165) is 37.3 Å². The van der Waals surface area contributed by atoms with Crippen LogP contribution in [0, 0.1) is 12.3 Å². The van der Waals surface area contributed by atoms with E-state index < -0.39 is 18.3 Å². The molecule has 2 aliphatic heterocycles. The van der Waals surface area contributed by atoms with Crippen molar-refractivity contribution >= 4 is 35.9 Å². The zero-order valence-corrected chi connectivity index (χ0v) is 21.2. The molecule has 0 radical (unpaired) electrons. The molecule has 1 aromatic heterocycles. The Morgan fingerprint density at radius 2 is 1.70 bits per heavy atom. The van der Waals surface area contributed by atoms with Crippen molar-refractivity contribution in [2.45, 2.75) is 72.0 Å². The monoisotopic (exact) mass is 469 g/mol. The molecule has 0 amide bonds. The number of halogens is 1. The second kappa shape index (κ2) is 8.68. The molecule has 2 aromatic rings. The second-order valence-electron chi connectivity index (χ2n) is 10.7. The summed E-state index contributed by atoms with van der Waals surface area (Å²) in [6.45, 7) is 13.9. The highest BCUT2D eigenvalue weighted by atomic mass is 35.5. The van der Waals surface area contributed by atoms with Gasteiger partial charge in [-0.2, -0.15) is 0 Å². The zero-order chi connectivity index (χ0) is 24.0. The zero-order valence-electron chi connectivity index (χ0n) is 20.4. The van der Waals surface area contributed by atoms with Crippen molar-refractivity contribution in [3.05, 3.63) is 46.7 Å². The summed E-state index contributed by atoms with van der Waals surface area (Å²) in [5.41, 5.74) is 1.40. The van der Waals surface area contributed by atoms with E-state index in [1.807, 2.05) is 46.8 Å². The van der Waals surface area contributed by atoms with Crippen molar-refractivity contribution < 1.29 is 14.1 Å². The lowest BCUT2D eigenvalue weighted by atomic mass is 9.75. The minimum absolute atomic E-state index is 0.0603. The minimum Gasteiger partial charge on any atom is -0.398 e. The maximum absolute atomic E-state index is 13.0. The van der Waals surface area contributed by atoms with Gasteiger partial charge in [0, 0.05) is 31.3 Å². The van der Waals surface area contributed by atoms with Gasteiger partial charge < -0.3 is 14.2 Å². The van der Waals surface area contributed by atoms with Crippen molar-refractivity contribution in [2.24, 2.45) is 5.41 Å². The fourth-order valence-corrected chi connectivity index (χ4v) is 4.82. The number of Topliss-reactive ketones (excluding diaryl/α,β-unsaturated/α-hetero) is 1. The molecule has 2 fully saturated rings. The van der Waals surface area contributed by atoms with E-state index in [4.69, 9.17) is 20.9 Å². The fraction of sp³-hybridized carbons (Fsp3) is 0.560. The van der Waals surface area contributed by atoms with Crippen LogP contribution in [-0.2, 0) is 9.31 Å². The van der Waals surface area contributed by atoms with E-state index in [1.54, 1.807) is 18.5 Å². The van der Waals surface area contributed by atoms with Gasteiger partial charge >= 0.3 is 7.12 Å². The Bertz CT molecular complexity index is 997. The third kappa shape index (κ3) is 4.82. The summed E-state index contributed by atoms with van der Waals surface area (Å²) in [6.07, 6.45) is 5.85. The number of hydrogen-bond acceptors (Lipinski definition) is 6. The Labute approximate surface area is 202 Å². The molecule has 0 atom stereocenters. The topological polar surface area (TPSA) is 64.6 Å². The average molecular weight is 470 g/mol. The van der Waals surface area contributed by atoms with Crippen molar-refractivity contribution in [3.8, 4) is 0 Å². The average Bonchev–Trinajstić information content (AvgIpc) is 2.95. The van der Waals surface area contributed by atoms with Crippen LogP contribution in [0.3, 0.4) is 0 Å². The Hall–Kier alpha value is -1.96. The number of carbonyl (C=O) groups excluding carboxylic acids is 1. The van der Waals surface area contributed by atoms with Crippen LogP contribution in [0.1, 0.15) is 69.8 Å². The van der Waals surface area contributed by atoms with Crippen LogP contribution in [-0.4, -0.2) is 47.2 Å². The summed E-state index contributed by atoms with van der Waals surface area (Å²) in [4.78, 5) is 24.5. The van der Waals surface area contributed by atoms with Crippen LogP contribution >= 0.6 is 11.6 Å². The second-order valence-corrected chi connectivity index (χ2v) is 11.1. The van der Waals surface area contributed by atoms with Crippen LogP contribution < -0.4 is 10.5 Å². The third-order valence-corrected chi connectivity index (χ3v) is 7.85. The highest BCUT2D eigenvalue weighted by Crippen LogP contribution is 2.38.